The molecular weight excluding hydrogens is 396 g/mol. The molecule has 0 atom stereocenters. The van der Waals surface area contributed by atoms with Gasteiger partial charge in [-0.25, -0.2) is 0 Å². The lowest BCUT2D eigenvalue weighted by Gasteiger charge is -2.13. The summed E-state index contributed by atoms with van der Waals surface area (Å²) in [6, 6.07) is 11.8. The van der Waals surface area contributed by atoms with Gasteiger partial charge in [0.1, 0.15) is 6.54 Å². The third-order valence-corrected chi connectivity index (χ3v) is 6.08. The van der Waals surface area contributed by atoms with Gasteiger partial charge in [-0.15, -0.1) is 11.3 Å². The molecule has 6 nitrogen and oxygen atoms in total. The molecule has 4 rings (SSSR count). The number of rotatable bonds is 6. The molecule has 2 aromatic heterocycles. The van der Waals surface area contributed by atoms with Gasteiger partial charge in [0.2, 0.25) is 11.7 Å². The Hall–Kier alpha value is -3.10. The number of benzene rings is 1. The molecule has 3 amide bonds. The monoisotopic (exact) mass is 410 g/mol. The number of hydrogen-bond acceptors (Lipinski definition) is 6. The first kappa shape index (κ1) is 18.3. The van der Waals surface area contributed by atoms with Crippen LogP contribution in [-0.4, -0.2) is 34.9 Å². The molecule has 0 fully saturated rings. The van der Waals surface area contributed by atoms with Gasteiger partial charge in [-0.05, 0) is 35.7 Å². The standard InChI is InChI=1S/C20H14N2O4S2/c23-17(10-22-19(25)14-3-1-2-4-15(14)20(22)26)21-9-13-5-6-16(28-13)18(24)12-7-8-27-11-12/h1-8,11H,9-10H2,(H,21,23). The van der Waals surface area contributed by atoms with Crippen LogP contribution < -0.4 is 5.32 Å². The predicted molar refractivity (Wildman–Crippen MR) is 106 cm³/mol. The summed E-state index contributed by atoms with van der Waals surface area (Å²) in [4.78, 5) is 51.5. The average molecular weight is 410 g/mol. The number of thiophene rings is 2. The number of amides is 3. The Morgan fingerprint density at radius 3 is 2.32 bits per heavy atom. The number of fused-ring (bicyclic) bond motifs is 1. The zero-order valence-electron chi connectivity index (χ0n) is 14.5. The van der Waals surface area contributed by atoms with Gasteiger partial charge in [-0.1, -0.05) is 12.1 Å². The Kier molecular flexibility index (Phi) is 4.89. The van der Waals surface area contributed by atoms with E-state index in [1.807, 2.05) is 5.38 Å². The van der Waals surface area contributed by atoms with Crippen molar-refractivity contribution in [2.24, 2.45) is 0 Å². The second-order valence-electron chi connectivity index (χ2n) is 6.13. The van der Waals surface area contributed by atoms with Crippen LogP contribution in [0.1, 0.15) is 40.8 Å². The normalized spacial score (nSPS) is 12.9. The second-order valence-corrected chi connectivity index (χ2v) is 8.07. The Balaban J connectivity index is 1.35. The number of nitrogens with zero attached hydrogens (tertiary/aromatic N) is 1. The maximum atomic E-state index is 12.3. The van der Waals surface area contributed by atoms with E-state index < -0.39 is 17.7 Å². The van der Waals surface area contributed by atoms with Crippen molar-refractivity contribution in [2.45, 2.75) is 6.54 Å². The highest BCUT2D eigenvalue weighted by Crippen LogP contribution is 2.23. The molecule has 3 aromatic rings. The van der Waals surface area contributed by atoms with E-state index in [0.717, 1.165) is 9.78 Å². The maximum Gasteiger partial charge on any atom is 0.262 e. The topological polar surface area (TPSA) is 83.6 Å². The summed E-state index contributed by atoms with van der Waals surface area (Å²) in [7, 11) is 0. The summed E-state index contributed by atoms with van der Waals surface area (Å²) in [6.07, 6.45) is 0. The number of carbonyl (C=O) groups excluding carboxylic acids is 4. The second kappa shape index (κ2) is 7.49. The molecule has 1 N–H and O–H groups in total. The van der Waals surface area contributed by atoms with Crippen molar-refractivity contribution in [3.63, 3.8) is 0 Å². The van der Waals surface area contributed by atoms with Crippen LogP contribution in [0.3, 0.4) is 0 Å². The van der Waals surface area contributed by atoms with Crippen molar-refractivity contribution in [3.8, 4) is 0 Å². The summed E-state index contributed by atoms with van der Waals surface area (Å²) >= 11 is 2.77. The molecule has 1 aromatic carbocycles. The van der Waals surface area contributed by atoms with Crippen LogP contribution in [0.4, 0.5) is 0 Å². The van der Waals surface area contributed by atoms with E-state index in [0.29, 0.717) is 21.6 Å². The van der Waals surface area contributed by atoms with Gasteiger partial charge >= 0.3 is 0 Å². The lowest BCUT2D eigenvalue weighted by Crippen LogP contribution is -2.40. The zero-order valence-corrected chi connectivity index (χ0v) is 16.1. The van der Waals surface area contributed by atoms with Crippen LogP contribution in [0.15, 0.2) is 53.2 Å². The third-order valence-electron chi connectivity index (χ3n) is 4.31. The van der Waals surface area contributed by atoms with Crippen LogP contribution in [-0.2, 0) is 11.3 Å². The van der Waals surface area contributed by atoms with E-state index in [1.54, 1.807) is 47.8 Å². The van der Waals surface area contributed by atoms with Crippen molar-refractivity contribution in [1.29, 1.82) is 0 Å². The first-order valence-electron chi connectivity index (χ1n) is 8.42. The van der Waals surface area contributed by atoms with Crippen molar-refractivity contribution in [1.82, 2.24) is 10.2 Å². The summed E-state index contributed by atoms with van der Waals surface area (Å²) < 4.78 is 0. The Bertz CT molecular complexity index is 1050. The first-order chi connectivity index (χ1) is 13.5. The van der Waals surface area contributed by atoms with Gasteiger partial charge in [-0.2, -0.15) is 11.3 Å². The molecule has 140 valence electrons. The highest BCUT2D eigenvalue weighted by Gasteiger charge is 2.36. The van der Waals surface area contributed by atoms with Gasteiger partial charge in [0.05, 0.1) is 22.5 Å². The Morgan fingerprint density at radius 2 is 1.68 bits per heavy atom. The van der Waals surface area contributed by atoms with Crippen LogP contribution in [0, 0.1) is 0 Å². The third kappa shape index (κ3) is 3.39. The molecule has 0 bridgehead atoms. The van der Waals surface area contributed by atoms with Gasteiger partial charge in [0, 0.05) is 15.8 Å². The van der Waals surface area contributed by atoms with Gasteiger partial charge in [0.15, 0.2) is 0 Å². The molecule has 0 saturated heterocycles. The highest BCUT2D eigenvalue weighted by molar-refractivity contribution is 7.14. The van der Waals surface area contributed by atoms with Crippen molar-refractivity contribution in [2.75, 3.05) is 6.54 Å². The fourth-order valence-corrected chi connectivity index (χ4v) is 4.44. The van der Waals surface area contributed by atoms with E-state index in [1.165, 1.54) is 22.7 Å². The van der Waals surface area contributed by atoms with Crippen molar-refractivity contribution < 1.29 is 19.2 Å². The molecule has 3 heterocycles. The fourth-order valence-electron chi connectivity index (χ4n) is 2.90. The van der Waals surface area contributed by atoms with Crippen molar-refractivity contribution in [3.05, 3.63) is 79.7 Å². The van der Waals surface area contributed by atoms with Gasteiger partial charge in [-0.3, -0.25) is 24.1 Å². The SMILES string of the molecule is O=C(CN1C(=O)c2ccccc2C1=O)NCc1ccc(C(=O)c2ccsc2)s1. The van der Waals surface area contributed by atoms with Crippen LogP contribution in [0.5, 0.6) is 0 Å². The van der Waals surface area contributed by atoms with E-state index in [2.05, 4.69) is 5.32 Å². The predicted octanol–water partition coefficient (Wildman–Crippen LogP) is 2.95. The number of hydrogen-bond donors (Lipinski definition) is 1. The van der Waals surface area contributed by atoms with Crippen LogP contribution >= 0.6 is 22.7 Å². The molecule has 8 heteroatoms. The minimum atomic E-state index is -0.462. The summed E-state index contributed by atoms with van der Waals surface area (Å²) in [5.41, 5.74) is 1.28. The lowest BCUT2D eigenvalue weighted by atomic mass is 10.1. The largest absolute Gasteiger partial charge is 0.350 e. The van der Waals surface area contributed by atoms with Crippen LogP contribution in [0.2, 0.25) is 0 Å². The smallest absolute Gasteiger partial charge is 0.262 e. The molecule has 1 aliphatic rings. The van der Waals surface area contributed by atoms with Gasteiger partial charge in [0.25, 0.3) is 11.8 Å². The van der Waals surface area contributed by atoms with Crippen LogP contribution in [0.25, 0.3) is 0 Å². The summed E-state index contributed by atoms with van der Waals surface area (Å²) in [5.74, 6) is -1.41. The van der Waals surface area contributed by atoms with E-state index in [4.69, 9.17) is 0 Å². The quantitative estimate of drug-likeness (QED) is 0.500. The molecule has 0 aliphatic carbocycles. The number of carbonyl (C=O) groups is 4. The van der Waals surface area contributed by atoms with Gasteiger partial charge < -0.3 is 5.32 Å². The van der Waals surface area contributed by atoms with Crippen molar-refractivity contribution >= 4 is 46.2 Å². The Labute approximate surface area is 168 Å². The Morgan fingerprint density at radius 1 is 0.964 bits per heavy atom. The number of ketones is 1. The van der Waals surface area contributed by atoms with E-state index in [-0.39, 0.29) is 18.9 Å². The molecule has 0 radical (unpaired) electrons. The molecule has 0 spiro atoms. The minimum absolute atomic E-state index is 0.0464. The first-order valence-corrected chi connectivity index (χ1v) is 10.2. The fraction of sp³-hybridized carbons (Fsp3) is 0.100. The minimum Gasteiger partial charge on any atom is -0.350 e. The number of nitrogens with one attached hydrogen (secondary N) is 1. The highest BCUT2D eigenvalue weighted by atomic mass is 32.1. The molecule has 28 heavy (non-hydrogen) atoms. The number of imide groups is 1. The molecule has 1 aliphatic heterocycles. The molecule has 0 unspecified atom stereocenters. The van der Waals surface area contributed by atoms with E-state index in [9.17, 15) is 19.2 Å². The average Bonchev–Trinajstić information content (AvgIpc) is 3.44. The van der Waals surface area contributed by atoms with E-state index >= 15 is 0 Å². The maximum absolute atomic E-state index is 12.3. The zero-order chi connectivity index (χ0) is 19.7. The molecular formula is C20H14N2O4S2. The summed E-state index contributed by atoms with van der Waals surface area (Å²) in [5, 5.41) is 6.34. The lowest BCUT2D eigenvalue weighted by molar-refractivity contribution is -0.121. The molecule has 0 saturated carbocycles. The summed E-state index contributed by atoms with van der Waals surface area (Å²) in [6.45, 7) is -0.109.